The predicted molar refractivity (Wildman–Crippen MR) is 92.7 cm³/mol. The summed E-state index contributed by atoms with van der Waals surface area (Å²) in [7, 11) is 5.01. The number of ether oxygens (including phenoxy) is 3. The average molecular weight is 322 g/mol. The van der Waals surface area contributed by atoms with E-state index in [9.17, 15) is 0 Å². The Morgan fingerprint density at radius 1 is 1.04 bits per heavy atom. The van der Waals surface area contributed by atoms with Crippen molar-refractivity contribution in [2.45, 2.75) is 26.3 Å². The maximum Gasteiger partial charge on any atom is 0.203 e. The molecular weight excluding hydrogens is 292 g/mol. The molecule has 1 unspecified atom stereocenters. The van der Waals surface area contributed by atoms with Crippen molar-refractivity contribution < 1.29 is 14.2 Å². The van der Waals surface area contributed by atoms with E-state index in [2.05, 4.69) is 30.1 Å². The minimum Gasteiger partial charge on any atom is -0.493 e. The summed E-state index contributed by atoms with van der Waals surface area (Å²) >= 11 is 0. The van der Waals surface area contributed by atoms with Gasteiger partial charge in [0.1, 0.15) is 0 Å². The number of nitrogens with zero attached hydrogens (tertiary/aromatic N) is 1. The van der Waals surface area contributed by atoms with Gasteiger partial charge in [0.2, 0.25) is 5.75 Å². The number of hydrogen-bond donors (Lipinski definition) is 1. The zero-order chi connectivity index (χ0) is 16.8. The predicted octanol–water partition coefficient (Wildman–Crippen LogP) is 2.70. The van der Waals surface area contributed by atoms with Crippen LogP contribution in [-0.4, -0.2) is 52.4 Å². The minimum atomic E-state index is 0.317. The zero-order valence-corrected chi connectivity index (χ0v) is 15.0. The van der Waals surface area contributed by atoms with E-state index in [4.69, 9.17) is 14.2 Å². The first-order valence-electron chi connectivity index (χ1n) is 8.41. The van der Waals surface area contributed by atoms with Gasteiger partial charge in [-0.1, -0.05) is 20.3 Å². The molecule has 5 heteroatoms. The molecule has 0 saturated carbocycles. The highest BCUT2D eigenvalue weighted by Crippen LogP contribution is 2.45. The van der Waals surface area contributed by atoms with Gasteiger partial charge in [0.15, 0.2) is 11.5 Å². The average Bonchev–Trinajstić information content (AvgIpc) is 2.61. The molecule has 0 radical (unpaired) electrons. The Morgan fingerprint density at radius 3 is 2.22 bits per heavy atom. The van der Waals surface area contributed by atoms with Crippen molar-refractivity contribution in [2.24, 2.45) is 5.92 Å². The summed E-state index contributed by atoms with van der Waals surface area (Å²) in [4.78, 5) is 2.55. The summed E-state index contributed by atoms with van der Waals surface area (Å²) in [5, 5.41) is 3.43. The van der Waals surface area contributed by atoms with Gasteiger partial charge in [-0.05, 0) is 18.1 Å². The molecule has 23 heavy (non-hydrogen) atoms. The minimum absolute atomic E-state index is 0.317. The summed E-state index contributed by atoms with van der Waals surface area (Å²) in [5.74, 6) is 2.70. The molecule has 1 aromatic rings. The van der Waals surface area contributed by atoms with Gasteiger partial charge < -0.3 is 19.5 Å². The van der Waals surface area contributed by atoms with Crippen molar-refractivity contribution in [2.75, 3.05) is 47.5 Å². The van der Waals surface area contributed by atoms with E-state index in [0.29, 0.717) is 23.5 Å². The third kappa shape index (κ3) is 3.72. The van der Waals surface area contributed by atoms with Crippen molar-refractivity contribution in [1.82, 2.24) is 10.2 Å². The first kappa shape index (κ1) is 17.9. The lowest BCUT2D eigenvalue weighted by Gasteiger charge is -2.39. The summed E-state index contributed by atoms with van der Waals surface area (Å²) in [6.07, 6.45) is 1.12. The topological polar surface area (TPSA) is 43.0 Å². The van der Waals surface area contributed by atoms with Crippen LogP contribution in [0.5, 0.6) is 17.2 Å². The number of rotatable bonds is 7. The van der Waals surface area contributed by atoms with Gasteiger partial charge in [-0.25, -0.2) is 0 Å². The molecule has 1 fully saturated rings. The Bertz CT molecular complexity index is 501. The third-order valence-corrected chi connectivity index (χ3v) is 4.78. The normalized spacial score (nSPS) is 18.3. The Balaban J connectivity index is 2.48. The Labute approximate surface area is 139 Å². The number of piperazine rings is 1. The third-order valence-electron chi connectivity index (χ3n) is 4.78. The van der Waals surface area contributed by atoms with Crippen LogP contribution in [0.2, 0.25) is 0 Å². The number of benzene rings is 1. The molecule has 0 amide bonds. The lowest BCUT2D eigenvalue weighted by Crippen LogP contribution is -2.46. The van der Waals surface area contributed by atoms with Gasteiger partial charge in [0, 0.05) is 37.8 Å². The molecule has 2 atom stereocenters. The molecular formula is C18H30N2O3. The van der Waals surface area contributed by atoms with E-state index < -0.39 is 0 Å². The molecule has 1 aromatic carbocycles. The number of methoxy groups -OCH3 is 3. The fourth-order valence-corrected chi connectivity index (χ4v) is 3.40. The molecule has 1 N–H and O–H groups in total. The SMILES string of the molecule is CCC(C)[C@@H](c1ccc(OC)c(OC)c1OC)N1CCNCC1. The molecule has 1 aliphatic rings. The van der Waals surface area contributed by atoms with Crippen LogP contribution in [0.1, 0.15) is 31.9 Å². The molecule has 0 aromatic heterocycles. The van der Waals surface area contributed by atoms with E-state index in [-0.39, 0.29) is 0 Å². The first-order chi connectivity index (χ1) is 11.2. The zero-order valence-electron chi connectivity index (χ0n) is 15.0. The second-order valence-corrected chi connectivity index (χ2v) is 6.04. The van der Waals surface area contributed by atoms with Crippen LogP contribution in [0.3, 0.4) is 0 Å². The molecule has 0 spiro atoms. The Kier molecular flexibility index (Phi) is 6.54. The maximum absolute atomic E-state index is 5.73. The highest BCUT2D eigenvalue weighted by Gasteiger charge is 2.31. The van der Waals surface area contributed by atoms with Gasteiger partial charge >= 0.3 is 0 Å². The van der Waals surface area contributed by atoms with Crippen LogP contribution in [0.25, 0.3) is 0 Å². The fraction of sp³-hybridized carbons (Fsp3) is 0.667. The molecule has 5 nitrogen and oxygen atoms in total. The van der Waals surface area contributed by atoms with Crippen molar-refractivity contribution in [3.8, 4) is 17.2 Å². The molecule has 2 rings (SSSR count). The Morgan fingerprint density at radius 2 is 1.70 bits per heavy atom. The van der Waals surface area contributed by atoms with Crippen molar-refractivity contribution in [3.05, 3.63) is 17.7 Å². The quantitative estimate of drug-likeness (QED) is 0.836. The van der Waals surface area contributed by atoms with Crippen LogP contribution in [0.4, 0.5) is 0 Å². The van der Waals surface area contributed by atoms with Crippen LogP contribution in [-0.2, 0) is 0 Å². The fourth-order valence-electron chi connectivity index (χ4n) is 3.40. The van der Waals surface area contributed by atoms with Gasteiger partial charge in [-0.15, -0.1) is 0 Å². The molecule has 130 valence electrons. The molecule has 1 aliphatic heterocycles. The van der Waals surface area contributed by atoms with Gasteiger partial charge in [0.05, 0.1) is 21.3 Å². The van der Waals surface area contributed by atoms with Crippen molar-refractivity contribution >= 4 is 0 Å². The molecule has 1 saturated heterocycles. The van der Waals surface area contributed by atoms with E-state index in [1.807, 2.05) is 6.07 Å². The second-order valence-electron chi connectivity index (χ2n) is 6.04. The van der Waals surface area contributed by atoms with E-state index in [1.165, 1.54) is 5.56 Å². The number of nitrogens with one attached hydrogen (secondary N) is 1. The largest absolute Gasteiger partial charge is 0.493 e. The second kappa shape index (κ2) is 8.41. The summed E-state index contributed by atoms with van der Waals surface area (Å²) < 4.78 is 16.7. The van der Waals surface area contributed by atoms with E-state index in [1.54, 1.807) is 21.3 Å². The highest BCUT2D eigenvalue weighted by atomic mass is 16.5. The van der Waals surface area contributed by atoms with Crippen LogP contribution in [0, 0.1) is 5.92 Å². The maximum atomic E-state index is 5.73. The van der Waals surface area contributed by atoms with Gasteiger partial charge in [-0.3, -0.25) is 4.90 Å². The number of hydrogen-bond acceptors (Lipinski definition) is 5. The van der Waals surface area contributed by atoms with Crippen molar-refractivity contribution in [3.63, 3.8) is 0 Å². The summed E-state index contributed by atoms with van der Waals surface area (Å²) in [5.41, 5.74) is 1.18. The first-order valence-corrected chi connectivity index (χ1v) is 8.41. The highest BCUT2D eigenvalue weighted by molar-refractivity contribution is 5.56. The van der Waals surface area contributed by atoms with Gasteiger partial charge in [-0.2, -0.15) is 0 Å². The monoisotopic (exact) mass is 322 g/mol. The smallest absolute Gasteiger partial charge is 0.203 e. The molecule has 0 bridgehead atoms. The standard InChI is InChI=1S/C18H30N2O3/c1-6-13(2)16(20-11-9-19-10-12-20)14-7-8-15(21-3)18(23-5)17(14)22-4/h7-8,13,16,19H,6,9-12H2,1-5H3/t13?,16-/m0/s1. The summed E-state index contributed by atoms with van der Waals surface area (Å²) in [6.45, 7) is 8.71. The van der Waals surface area contributed by atoms with Crippen LogP contribution in [0.15, 0.2) is 12.1 Å². The molecule has 1 heterocycles. The van der Waals surface area contributed by atoms with Crippen molar-refractivity contribution in [1.29, 1.82) is 0 Å². The van der Waals surface area contributed by atoms with Crippen LogP contribution < -0.4 is 19.5 Å². The van der Waals surface area contributed by atoms with E-state index in [0.717, 1.165) is 38.3 Å². The molecule has 0 aliphatic carbocycles. The van der Waals surface area contributed by atoms with E-state index >= 15 is 0 Å². The van der Waals surface area contributed by atoms with Gasteiger partial charge in [0.25, 0.3) is 0 Å². The summed E-state index contributed by atoms with van der Waals surface area (Å²) in [6, 6.07) is 4.42. The lowest BCUT2D eigenvalue weighted by molar-refractivity contribution is 0.125. The van der Waals surface area contributed by atoms with Crippen LogP contribution >= 0.6 is 0 Å². The lowest BCUT2D eigenvalue weighted by atomic mass is 9.89. The Hall–Kier alpha value is -1.46.